The highest BCUT2D eigenvalue weighted by atomic mass is 19.1. The van der Waals surface area contributed by atoms with Gasteiger partial charge in [-0.1, -0.05) is 31.5 Å². The van der Waals surface area contributed by atoms with Crippen LogP contribution in [0.3, 0.4) is 0 Å². The number of rotatable bonds is 5. The van der Waals surface area contributed by atoms with Gasteiger partial charge in [-0.2, -0.15) is 0 Å². The third kappa shape index (κ3) is 3.29. The molecular formula is C18H29FN2. The Balaban J connectivity index is 2.17. The van der Waals surface area contributed by atoms with Crippen LogP contribution in [0.2, 0.25) is 0 Å². The van der Waals surface area contributed by atoms with Crippen molar-refractivity contribution in [3.63, 3.8) is 0 Å². The van der Waals surface area contributed by atoms with Crippen LogP contribution < -0.4 is 5.73 Å². The molecule has 2 nitrogen and oxygen atoms in total. The molecule has 1 aliphatic rings. The number of hydrogen-bond acceptors (Lipinski definition) is 2. The van der Waals surface area contributed by atoms with Crippen LogP contribution >= 0.6 is 0 Å². The second-order valence-electron chi connectivity index (χ2n) is 6.59. The number of benzene rings is 1. The van der Waals surface area contributed by atoms with Gasteiger partial charge < -0.3 is 5.73 Å². The first kappa shape index (κ1) is 16.4. The Bertz CT molecular complexity index is 452. The van der Waals surface area contributed by atoms with E-state index in [9.17, 15) is 4.39 Å². The molecule has 0 aliphatic heterocycles. The molecule has 0 spiro atoms. The Morgan fingerprint density at radius 2 is 1.95 bits per heavy atom. The molecule has 1 atom stereocenters. The van der Waals surface area contributed by atoms with Gasteiger partial charge in [0.25, 0.3) is 0 Å². The summed E-state index contributed by atoms with van der Waals surface area (Å²) in [6.45, 7) is 5.01. The predicted octanol–water partition coefficient (Wildman–Crippen LogP) is 4.12. The molecule has 1 saturated carbocycles. The zero-order valence-corrected chi connectivity index (χ0v) is 13.6. The van der Waals surface area contributed by atoms with Crippen molar-refractivity contribution < 1.29 is 4.39 Å². The molecule has 2 N–H and O–H groups in total. The van der Waals surface area contributed by atoms with Gasteiger partial charge in [0.2, 0.25) is 0 Å². The number of nitrogens with two attached hydrogens (primary N) is 1. The lowest BCUT2D eigenvalue weighted by Gasteiger charge is -2.48. The summed E-state index contributed by atoms with van der Waals surface area (Å²) >= 11 is 0. The van der Waals surface area contributed by atoms with Gasteiger partial charge >= 0.3 is 0 Å². The zero-order chi connectivity index (χ0) is 15.5. The normalized spacial score (nSPS) is 27.8. The van der Waals surface area contributed by atoms with Crippen molar-refractivity contribution in [1.82, 2.24) is 4.90 Å². The van der Waals surface area contributed by atoms with Crippen molar-refractivity contribution in [3.05, 3.63) is 35.6 Å². The Hall–Kier alpha value is -0.930. The minimum absolute atomic E-state index is 0.0212. The fraction of sp³-hybridized carbons (Fsp3) is 0.667. The molecule has 1 fully saturated rings. The van der Waals surface area contributed by atoms with Gasteiger partial charge in [0.15, 0.2) is 0 Å². The van der Waals surface area contributed by atoms with Crippen LogP contribution in [0.1, 0.15) is 57.6 Å². The molecule has 1 aliphatic carbocycles. The summed E-state index contributed by atoms with van der Waals surface area (Å²) < 4.78 is 14.1. The minimum Gasteiger partial charge on any atom is -0.329 e. The van der Waals surface area contributed by atoms with Crippen molar-refractivity contribution in [3.8, 4) is 0 Å². The van der Waals surface area contributed by atoms with E-state index in [1.807, 2.05) is 12.1 Å². The third-order valence-corrected chi connectivity index (χ3v) is 5.68. The molecule has 1 aromatic carbocycles. The molecule has 1 unspecified atom stereocenters. The molecule has 0 radical (unpaired) electrons. The van der Waals surface area contributed by atoms with Crippen molar-refractivity contribution in [2.45, 2.75) is 57.5 Å². The first-order chi connectivity index (χ1) is 10.0. The monoisotopic (exact) mass is 292 g/mol. The Morgan fingerprint density at radius 1 is 1.33 bits per heavy atom. The molecule has 2 rings (SSSR count). The Kier molecular flexibility index (Phi) is 5.39. The summed E-state index contributed by atoms with van der Waals surface area (Å²) in [5.41, 5.74) is 6.93. The lowest BCUT2D eigenvalue weighted by atomic mass is 9.74. The lowest BCUT2D eigenvalue weighted by molar-refractivity contribution is 0.0334. The summed E-state index contributed by atoms with van der Waals surface area (Å²) in [6.07, 6.45) is 5.98. The minimum atomic E-state index is -0.119. The molecular weight excluding hydrogens is 263 g/mol. The van der Waals surface area contributed by atoms with Crippen LogP contribution in [0.4, 0.5) is 4.39 Å². The Labute approximate surface area is 128 Å². The van der Waals surface area contributed by atoms with E-state index in [1.54, 1.807) is 12.1 Å². The highest BCUT2D eigenvalue weighted by Crippen LogP contribution is 2.40. The molecule has 21 heavy (non-hydrogen) atoms. The smallest absolute Gasteiger partial charge is 0.127 e. The SMILES string of the molecule is CCC1CCC(CN)(N(C)C(C)c2ccccc2F)CC1. The zero-order valence-electron chi connectivity index (χ0n) is 13.6. The highest BCUT2D eigenvalue weighted by Gasteiger charge is 2.39. The Morgan fingerprint density at radius 3 is 2.48 bits per heavy atom. The van der Waals surface area contributed by atoms with Crippen LogP contribution in [-0.2, 0) is 0 Å². The van der Waals surface area contributed by atoms with Gasteiger partial charge in [-0.3, -0.25) is 4.90 Å². The van der Waals surface area contributed by atoms with Crippen molar-refractivity contribution in [1.29, 1.82) is 0 Å². The largest absolute Gasteiger partial charge is 0.329 e. The second-order valence-corrected chi connectivity index (χ2v) is 6.59. The second kappa shape index (κ2) is 6.89. The highest BCUT2D eigenvalue weighted by molar-refractivity contribution is 5.21. The van der Waals surface area contributed by atoms with E-state index in [-0.39, 0.29) is 17.4 Å². The van der Waals surface area contributed by atoms with E-state index >= 15 is 0 Å². The van der Waals surface area contributed by atoms with Crippen LogP contribution in [0.5, 0.6) is 0 Å². The average Bonchev–Trinajstić information content (AvgIpc) is 2.54. The number of halogens is 1. The van der Waals surface area contributed by atoms with Crippen LogP contribution in [0.15, 0.2) is 24.3 Å². The third-order valence-electron chi connectivity index (χ3n) is 5.68. The van der Waals surface area contributed by atoms with E-state index in [2.05, 4.69) is 25.8 Å². The average molecular weight is 292 g/mol. The quantitative estimate of drug-likeness (QED) is 0.884. The number of nitrogens with zero attached hydrogens (tertiary/aromatic N) is 1. The van der Waals surface area contributed by atoms with E-state index in [0.717, 1.165) is 24.3 Å². The summed E-state index contributed by atoms with van der Waals surface area (Å²) in [5.74, 6) is 0.716. The molecule has 118 valence electrons. The first-order valence-electron chi connectivity index (χ1n) is 8.21. The summed E-state index contributed by atoms with van der Waals surface area (Å²) in [5, 5.41) is 0. The maximum Gasteiger partial charge on any atom is 0.127 e. The fourth-order valence-corrected chi connectivity index (χ4v) is 3.76. The van der Waals surface area contributed by atoms with E-state index in [4.69, 9.17) is 5.73 Å². The number of hydrogen-bond donors (Lipinski definition) is 1. The maximum absolute atomic E-state index is 14.1. The fourth-order valence-electron chi connectivity index (χ4n) is 3.76. The van der Waals surface area contributed by atoms with Crippen LogP contribution in [0.25, 0.3) is 0 Å². The predicted molar refractivity (Wildman–Crippen MR) is 86.6 cm³/mol. The molecule has 3 heteroatoms. The molecule has 0 amide bonds. The van der Waals surface area contributed by atoms with Crippen molar-refractivity contribution in [2.75, 3.05) is 13.6 Å². The number of likely N-dealkylation sites (N-methyl/N-ethyl adjacent to an activating group) is 1. The van der Waals surface area contributed by atoms with Crippen LogP contribution in [-0.4, -0.2) is 24.0 Å². The molecule has 1 aromatic rings. The van der Waals surface area contributed by atoms with Gasteiger partial charge in [0.05, 0.1) is 0 Å². The van der Waals surface area contributed by atoms with Gasteiger partial charge in [0.1, 0.15) is 5.82 Å². The summed E-state index contributed by atoms with van der Waals surface area (Å²) in [7, 11) is 2.11. The summed E-state index contributed by atoms with van der Waals surface area (Å²) in [4.78, 5) is 2.32. The van der Waals surface area contributed by atoms with Crippen molar-refractivity contribution in [2.24, 2.45) is 11.7 Å². The van der Waals surface area contributed by atoms with E-state index in [1.165, 1.54) is 19.3 Å². The standard InChI is InChI=1S/C18H29FN2/c1-4-15-9-11-18(13-20,12-10-15)21(3)14(2)16-7-5-6-8-17(16)19/h5-8,14-15H,4,9-13,20H2,1-3H3. The molecule has 0 saturated heterocycles. The van der Waals surface area contributed by atoms with E-state index < -0.39 is 0 Å². The topological polar surface area (TPSA) is 29.3 Å². The molecule has 0 heterocycles. The van der Waals surface area contributed by atoms with Crippen molar-refractivity contribution >= 4 is 0 Å². The first-order valence-corrected chi connectivity index (χ1v) is 8.21. The summed E-state index contributed by atoms with van der Waals surface area (Å²) in [6, 6.07) is 7.14. The van der Waals surface area contributed by atoms with Gasteiger partial charge in [0, 0.05) is 23.7 Å². The van der Waals surface area contributed by atoms with Gasteiger partial charge in [-0.25, -0.2) is 4.39 Å². The maximum atomic E-state index is 14.1. The van der Waals surface area contributed by atoms with E-state index in [0.29, 0.717) is 6.54 Å². The molecule has 0 bridgehead atoms. The van der Waals surface area contributed by atoms with Gasteiger partial charge in [-0.15, -0.1) is 0 Å². The van der Waals surface area contributed by atoms with Crippen LogP contribution in [0, 0.1) is 11.7 Å². The van der Waals surface area contributed by atoms with Gasteiger partial charge in [-0.05, 0) is 51.6 Å². The lowest BCUT2D eigenvalue weighted by Crippen LogP contribution is -2.54. The molecule has 0 aromatic heterocycles.